The number of carboxylic acids is 1. The monoisotopic (exact) mass is 240 g/mol. The van der Waals surface area contributed by atoms with E-state index < -0.39 is 11.8 Å². The average Bonchev–Trinajstić information content (AvgIpc) is 2.70. The Labute approximate surface area is 94.9 Å². The van der Waals surface area contributed by atoms with E-state index in [1.54, 1.807) is 0 Å². The zero-order chi connectivity index (χ0) is 11.7. The number of aromatic nitrogens is 2. The lowest BCUT2D eigenvalue weighted by Crippen LogP contribution is -1.98. The zero-order valence-corrected chi connectivity index (χ0v) is 8.65. The van der Waals surface area contributed by atoms with E-state index in [1.165, 1.54) is 24.4 Å². The highest BCUT2D eigenvalue weighted by Gasteiger charge is 2.10. The van der Waals surface area contributed by atoms with Crippen LogP contribution in [0.3, 0.4) is 0 Å². The number of halogens is 2. The molecular weight excluding hydrogens is 235 g/mol. The van der Waals surface area contributed by atoms with Crippen LogP contribution in [-0.4, -0.2) is 20.9 Å². The van der Waals surface area contributed by atoms with Crippen LogP contribution in [0.15, 0.2) is 30.6 Å². The standard InChI is InChI=1S/C10H6ClFN2O2/c11-7-1-2-8(12)9(3-7)14-5-6(4-13-14)10(15)16/h1-5H,(H,15,16). The fraction of sp³-hybridized carbons (Fsp3) is 0. The Balaban J connectivity index is 2.50. The molecule has 1 heterocycles. The van der Waals surface area contributed by atoms with Crippen LogP contribution in [0.4, 0.5) is 4.39 Å². The molecule has 4 nitrogen and oxygen atoms in total. The molecule has 0 aliphatic heterocycles. The summed E-state index contributed by atoms with van der Waals surface area (Å²) in [7, 11) is 0. The summed E-state index contributed by atoms with van der Waals surface area (Å²) in [4.78, 5) is 10.6. The predicted molar refractivity (Wildman–Crippen MR) is 55.5 cm³/mol. The van der Waals surface area contributed by atoms with Crippen molar-refractivity contribution >= 4 is 17.6 Å². The fourth-order valence-corrected chi connectivity index (χ4v) is 1.39. The number of nitrogens with zero attached hydrogens (tertiary/aromatic N) is 2. The van der Waals surface area contributed by atoms with Crippen LogP contribution in [0.1, 0.15) is 10.4 Å². The SMILES string of the molecule is O=C(O)c1cnn(-c2cc(Cl)ccc2F)c1. The van der Waals surface area contributed by atoms with Crippen molar-refractivity contribution in [2.45, 2.75) is 0 Å². The lowest BCUT2D eigenvalue weighted by Gasteiger charge is -2.02. The van der Waals surface area contributed by atoms with Crippen molar-refractivity contribution in [3.8, 4) is 5.69 Å². The fourth-order valence-electron chi connectivity index (χ4n) is 1.23. The van der Waals surface area contributed by atoms with Gasteiger partial charge in [-0.2, -0.15) is 5.10 Å². The van der Waals surface area contributed by atoms with Gasteiger partial charge in [0, 0.05) is 11.2 Å². The Morgan fingerprint density at radius 3 is 2.88 bits per heavy atom. The third kappa shape index (κ3) is 1.90. The highest BCUT2D eigenvalue weighted by molar-refractivity contribution is 6.30. The normalized spacial score (nSPS) is 10.4. The molecule has 1 aromatic heterocycles. The number of aromatic carboxylic acids is 1. The molecule has 2 aromatic rings. The first-order valence-electron chi connectivity index (χ1n) is 4.31. The van der Waals surface area contributed by atoms with Gasteiger partial charge in [-0.3, -0.25) is 0 Å². The first-order valence-corrected chi connectivity index (χ1v) is 4.69. The van der Waals surface area contributed by atoms with E-state index in [-0.39, 0.29) is 11.3 Å². The predicted octanol–water partition coefficient (Wildman–Crippen LogP) is 2.36. The summed E-state index contributed by atoms with van der Waals surface area (Å²) < 4.78 is 14.5. The maximum absolute atomic E-state index is 13.4. The topological polar surface area (TPSA) is 55.1 Å². The molecule has 0 saturated carbocycles. The Bertz CT molecular complexity index is 554. The number of carboxylic acid groups (broad SMARTS) is 1. The van der Waals surface area contributed by atoms with E-state index in [4.69, 9.17) is 16.7 Å². The molecule has 1 aromatic carbocycles. The van der Waals surface area contributed by atoms with E-state index in [1.807, 2.05) is 0 Å². The number of benzene rings is 1. The summed E-state index contributed by atoms with van der Waals surface area (Å²) in [5.41, 5.74) is 0.0966. The van der Waals surface area contributed by atoms with Gasteiger partial charge >= 0.3 is 5.97 Å². The zero-order valence-electron chi connectivity index (χ0n) is 7.89. The van der Waals surface area contributed by atoms with Crippen molar-refractivity contribution in [1.29, 1.82) is 0 Å². The van der Waals surface area contributed by atoms with Gasteiger partial charge in [-0.05, 0) is 18.2 Å². The second-order valence-electron chi connectivity index (χ2n) is 3.07. The molecule has 6 heteroatoms. The highest BCUT2D eigenvalue weighted by atomic mass is 35.5. The van der Waals surface area contributed by atoms with E-state index in [9.17, 15) is 9.18 Å². The van der Waals surface area contributed by atoms with E-state index in [0.717, 1.165) is 10.9 Å². The van der Waals surface area contributed by atoms with Gasteiger partial charge in [0.2, 0.25) is 0 Å². The smallest absolute Gasteiger partial charge is 0.338 e. The molecule has 0 atom stereocenters. The minimum Gasteiger partial charge on any atom is -0.478 e. The van der Waals surface area contributed by atoms with Crippen LogP contribution >= 0.6 is 11.6 Å². The Hall–Kier alpha value is -1.88. The first kappa shape index (κ1) is 10.6. The molecule has 0 amide bonds. The Morgan fingerprint density at radius 1 is 1.50 bits per heavy atom. The van der Waals surface area contributed by atoms with Gasteiger partial charge in [0.05, 0.1) is 11.8 Å². The highest BCUT2D eigenvalue weighted by Crippen LogP contribution is 2.18. The molecule has 0 radical (unpaired) electrons. The minimum absolute atomic E-state index is 0.0145. The summed E-state index contributed by atoms with van der Waals surface area (Å²) in [6, 6.07) is 3.97. The van der Waals surface area contributed by atoms with Crippen LogP contribution in [0.2, 0.25) is 5.02 Å². The van der Waals surface area contributed by atoms with Crippen LogP contribution in [0.5, 0.6) is 0 Å². The van der Waals surface area contributed by atoms with Crippen molar-refractivity contribution in [2.24, 2.45) is 0 Å². The van der Waals surface area contributed by atoms with E-state index >= 15 is 0 Å². The number of hydrogen-bond acceptors (Lipinski definition) is 2. The van der Waals surface area contributed by atoms with E-state index in [2.05, 4.69) is 5.10 Å². The molecule has 0 spiro atoms. The maximum Gasteiger partial charge on any atom is 0.338 e. The van der Waals surface area contributed by atoms with Gasteiger partial charge in [0.25, 0.3) is 0 Å². The molecule has 0 bridgehead atoms. The van der Waals surface area contributed by atoms with Crippen LogP contribution in [-0.2, 0) is 0 Å². The van der Waals surface area contributed by atoms with Gasteiger partial charge in [-0.15, -0.1) is 0 Å². The second-order valence-corrected chi connectivity index (χ2v) is 3.51. The molecule has 1 N–H and O–H groups in total. The van der Waals surface area contributed by atoms with Crippen molar-refractivity contribution in [3.63, 3.8) is 0 Å². The summed E-state index contributed by atoms with van der Waals surface area (Å²) in [5.74, 6) is -1.64. The molecule has 0 aliphatic carbocycles. The van der Waals surface area contributed by atoms with Gasteiger partial charge in [0.15, 0.2) is 0 Å². The molecule has 82 valence electrons. The summed E-state index contributed by atoms with van der Waals surface area (Å²) in [6.07, 6.45) is 2.36. The van der Waals surface area contributed by atoms with Crippen LogP contribution in [0, 0.1) is 5.82 Å². The van der Waals surface area contributed by atoms with Crippen LogP contribution < -0.4 is 0 Å². The number of hydrogen-bond donors (Lipinski definition) is 1. The van der Waals surface area contributed by atoms with E-state index in [0.29, 0.717) is 5.02 Å². The molecule has 0 aliphatic rings. The Morgan fingerprint density at radius 2 is 2.25 bits per heavy atom. The van der Waals surface area contributed by atoms with Gasteiger partial charge in [-0.1, -0.05) is 11.6 Å². The van der Waals surface area contributed by atoms with Gasteiger partial charge in [0.1, 0.15) is 11.5 Å². The van der Waals surface area contributed by atoms with Crippen molar-refractivity contribution in [1.82, 2.24) is 9.78 Å². The van der Waals surface area contributed by atoms with Crippen molar-refractivity contribution < 1.29 is 14.3 Å². The van der Waals surface area contributed by atoms with Gasteiger partial charge < -0.3 is 5.11 Å². The lowest BCUT2D eigenvalue weighted by molar-refractivity contribution is 0.0697. The minimum atomic E-state index is -1.12. The van der Waals surface area contributed by atoms with Crippen LogP contribution in [0.25, 0.3) is 5.69 Å². The third-order valence-electron chi connectivity index (χ3n) is 1.98. The molecule has 2 rings (SSSR count). The average molecular weight is 241 g/mol. The Kier molecular flexibility index (Phi) is 2.62. The lowest BCUT2D eigenvalue weighted by atomic mass is 10.3. The van der Waals surface area contributed by atoms with Crippen molar-refractivity contribution in [2.75, 3.05) is 0 Å². The summed E-state index contributed by atoms with van der Waals surface area (Å²) in [5, 5.41) is 12.8. The third-order valence-corrected chi connectivity index (χ3v) is 2.22. The second kappa shape index (κ2) is 3.94. The quantitative estimate of drug-likeness (QED) is 0.877. The molecule has 0 saturated heterocycles. The molecule has 16 heavy (non-hydrogen) atoms. The summed E-state index contributed by atoms with van der Waals surface area (Å²) in [6.45, 7) is 0. The van der Waals surface area contributed by atoms with Gasteiger partial charge in [-0.25, -0.2) is 13.9 Å². The molecule has 0 unspecified atom stereocenters. The van der Waals surface area contributed by atoms with Crippen molar-refractivity contribution in [3.05, 3.63) is 47.0 Å². The maximum atomic E-state index is 13.4. The molecular formula is C10H6ClFN2O2. The largest absolute Gasteiger partial charge is 0.478 e. The summed E-state index contributed by atoms with van der Waals surface area (Å²) >= 11 is 5.71. The molecule has 0 fully saturated rings. The first-order chi connectivity index (χ1) is 7.58. The number of carbonyl (C=O) groups is 1. The number of rotatable bonds is 2.